The van der Waals surface area contributed by atoms with Gasteiger partial charge in [0, 0.05) is 36.2 Å². The molecule has 0 spiro atoms. The molecule has 0 atom stereocenters. The quantitative estimate of drug-likeness (QED) is 0.484. The Kier molecular flexibility index (Phi) is 4.37. The van der Waals surface area contributed by atoms with Crippen LogP contribution in [0.2, 0.25) is 0 Å². The Hall–Kier alpha value is -2.71. The fraction of sp³-hybridized carbons (Fsp3) is 0.350. The summed E-state index contributed by atoms with van der Waals surface area (Å²) in [6, 6.07) is 9.05. The number of aromatic nitrogens is 4. The topological polar surface area (TPSA) is 93.2 Å². The third-order valence-corrected chi connectivity index (χ3v) is 6.21. The Morgan fingerprint density at radius 3 is 2.89 bits per heavy atom. The second-order valence-electron chi connectivity index (χ2n) is 7.44. The fourth-order valence-corrected chi connectivity index (χ4v) is 4.64. The summed E-state index contributed by atoms with van der Waals surface area (Å²) in [5.74, 6) is 0.846. The molecule has 0 amide bonds. The second-order valence-corrected chi connectivity index (χ2v) is 8.67. The molecule has 0 radical (unpaired) electrons. The lowest BCUT2D eigenvalue weighted by atomic mass is 9.92. The van der Waals surface area contributed by atoms with Crippen molar-refractivity contribution in [2.75, 3.05) is 10.6 Å². The van der Waals surface area contributed by atoms with Gasteiger partial charge in [0.2, 0.25) is 0 Å². The Morgan fingerprint density at radius 1 is 1.18 bits per heavy atom. The highest BCUT2D eigenvalue weighted by Gasteiger charge is 2.19. The molecule has 0 bridgehead atoms. The Balaban J connectivity index is 1.44. The van der Waals surface area contributed by atoms with E-state index in [1.807, 2.05) is 23.7 Å². The van der Waals surface area contributed by atoms with Gasteiger partial charge in [-0.25, -0.2) is 14.5 Å². The van der Waals surface area contributed by atoms with Gasteiger partial charge in [0.25, 0.3) is 0 Å². The van der Waals surface area contributed by atoms with Gasteiger partial charge in [0.15, 0.2) is 5.65 Å². The molecule has 8 heteroatoms. The molecule has 7 nitrogen and oxygen atoms in total. The summed E-state index contributed by atoms with van der Waals surface area (Å²) >= 11 is 1.71. The van der Waals surface area contributed by atoms with Gasteiger partial charge in [-0.3, -0.25) is 0 Å². The van der Waals surface area contributed by atoms with Crippen molar-refractivity contribution in [2.45, 2.75) is 44.7 Å². The number of nitrogens with one attached hydrogen (secondary N) is 2. The summed E-state index contributed by atoms with van der Waals surface area (Å²) in [7, 11) is 0. The highest BCUT2D eigenvalue weighted by atomic mass is 32.1. The maximum Gasteiger partial charge on any atom is 0.177 e. The number of anilines is 3. The number of nitrogens with two attached hydrogens (primary N) is 1. The minimum absolute atomic E-state index is 0.337. The van der Waals surface area contributed by atoms with Gasteiger partial charge in [0.1, 0.15) is 5.82 Å². The first-order valence-electron chi connectivity index (χ1n) is 9.65. The van der Waals surface area contributed by atoms with Crippen LogP contribution >= 0.6 is 11.3 Å². The molecule has 28 heavy (non-hydrogen) atoms. The molecular weight excluding hydrogens is 370 g/mol. The zero-order valence-corrected chi connectivity index (χ0v) is 16.5. The standard InChI is InChI=1S/C20H23N7S/c1-12-23-16-10-15(6-7-18(16)28-12)24-17-11-19(26-27-9-8-22-20(17)27)25-14-4-2-13(21)3-5-14/h6-11,13-14,24H,2-5,21H2,1H3,(H,25,26). The van der Waals surface area contributed by atoms with Crippen LogP contribution in [0.15, 0.2) is 36.7 Å². The van der Waals surface area contributed by atoms with Crippen molar-refractivity contribution in [2.24, 2.45) is 5.73 Å². The summed E-state index contributed by atoms with van der Waals surface area (Å²) in [5.41, 5.74) is 9.75. The Labute approximate surface area is 167 Å². The van der Waals surface area contributed by atoms with Gasteiger partial charge in [-0.15, -0.1) is 16.4 Å². The van der Waals surface area contributed by atoms with Gasteiger partial charge in [-0.1, -0.05) is 0 Å². The number of hydrogen-bond acceptors (Lipinski definition) is 7. The van der Waals surface area contributed by atoms with Crippen molar-refractivity contribution in [3.8, 4) is 0 Å². The minimum Gasteiger partial charge on any atom is -0.366 e. The average molecular weight is 394 g/mol. The van der Waals surface area contributed by atoms with Gasteiger partial charge >= 0.3 is 0 Å². The zero-order chi connectivity index (χ0) is 19.1. The maximum absolute atomic E-state index is 6.03. The molecule has 1 aromatic carbocycles. The van der Waals surface area contributed by atoms with Crippen LogP contribution in [0.5, 0.6) is 0 Å². The number of rotatable bonds is 4. The van der Waals surface area contributed by atoms with E-state index in [1.165, 1.54) is 4.70 Å². The van der Waals surface area contributed by atoms with Crippen LogP contribution in [-0.4, -0.2) is 31.7 Å². The third kappa shape index (κ3) is 3.41. The lowest BCUT2D eigenvalue weighted by molar-refractivity contribution is 0.410. The van der Waals surface area contributed by atoms with E-state index in [-0.39, 0.29) is 0 Å². The molecule has 5 rings (SSSR count). The Morgan fingerprint density at radius 2 is 2.04 bits per heavy atom. The molecule has 0 aliphatic heterocycles. The SMILES string of the molecule is Cc1nc2cc(Nc3cc(NC4CCC(N)CC4)nn4ccnc34)ccc2s1. The van der Waals surface area contributed by atoms with Gasteiger partial charge in [0.05, 0.1) is 20.9 Å². The van der Waals surface area contributed by atoms with Crippen LogP contribution in [0.3, 0.4) is 0 Å². The highest BCUT2D eigenvalue weighted by Crippen LogP contribution is 2.29. The van der Waals surface area contributed by atoms with E-state index in [2.05, 4.69) is 43.9 Å². The Bertz CT molecular complexity index is 1120. The molecule has 0 unspecified atom stereocenters. The first-order valence-corrected chi connectivity index (χ1v) is 10.5. The van der Waals surface area contributed by atoms with Crippen molar-refractivity contribution in [3.05, 3.63) is 41.7 Å². The van der Waals surface area contributed by atoms with Crippen molar-refractivity contribution >= 4 is 44.4 Å². The maximum atomic E-state index is 6.03. The predicted molar refractivity (Wildman–Crippen MR) is 114 cm³/mol. The summed E-state index contributed by atoms with van der Waals surface area (Å²) in [5, 5.41) is 12.8. The molecule has 3 aromatic heterocycles. The van der Waals surface area contributed by atoms with E-state index in [4.69, 9.17) is 5.73 Å². The normalized spacial score (nSPS) is 19.9. The fourth-order valence-electron chi connectivity index (χ4n) is 3.83. The summed E-state index contributed by atoms with van der Waals surface area (Å²) in [6.07, 6.45) is 7.91. The highest BCUT2D eigenvalue weighted by molar-refractivity contribution is 7.18. The molecule has 4 aromatic rings. The van der Waals surface area contributed by atoms with Crippen molar-refractivity contribution in [1.82, 2.24) is 19.6 Å². The third-order valence-electron chi connectivity index (χ3n) is 5.26. The van der Waals surface area contributed by atoms with Crippen LogP contribution in [0.4, 0.5) is 17.2 Å². The number of aryl methyl sites for hydroxylation is 1. The summed E-state index contributed by atoms with van der Waals surface area (Å²) < 4.78 is 3.01. The lowest BCUT2D eigenvalue weighted by Crippen LogP contribution is -2.33. The van der Waals surface area contributed by atoms with Crippen LogP contribution in [0.1, 0.15) is 30.7 Å². The molecular formula is C20H23N7S. The van der Waals surface area contributed by atoms with E-state index >= 15 is 0 Å². The van der Waals surface area contributed by atoms with E-state index < -0.39 is 0 Å². The minimum atomic E-state index is 0.337. The molecule has 0 saturated heterocycles. The van der Waals surface area contributed by atoms with E-state index in [0.717, 1.165) is 59.0 Å². The summed E-state index contributed by atoms with van der Waals surface area (Å²) in [6.45, 7) is 2.03. The van der Waals surface area contributed by atoms with E-state index in [0.29, 0.717) is 12.1 Å². The molecule has 1 fully saturated rings. The number of nitrogens with zero attached hydrogens (tertiary/aromatic N) is 4. The lowest BCUT2D eigenvalue weighted by Gasteiger charge is -2.27. The van der Waals surface area contributed by atoms with E-state index in [9.17, 15) is 0 Å². The largest absolute Gasteiger partial charge is 0.366 e. The van der Waals surface area contributed by atoms with Crippen LogP contribution in [0.25, 0.3) is 15.9 Å². The second kappa shape index (κ2) is 7.03. The number of imidazole rings is 1. The number of thiazole rings is 1. The van der Waals surface area contributed by atoms with Gasteiger partial charge in [-0.05, 0) is 50.8 Å². The first-order chi connectivity index (χ1) is 13.6. The number of benzene rings is 1. The molecule has 1 aliphatic carbocycles. The molecule has 1 saturated carbocycles. The van der Waals surface area contributed by atoms with Crippen LogP contribution < -0.4 is 16.4 Å². The van der Waals surface area contributed by atoms with Crippen molar-refractivity contribution < 1.29 is 0 Å². The smallest absolute Gasteiger partial charge is 0.177 e. The summed E-state index contributed by atoms with van der Waals surface area (Å²) in [4.78, 5) is 9.05. The van der Waals surface area contributed by atoms with Crippen molar-refractivity contribution in [3.63, 3.8) is 0 Å². The zero-order valence-electron chi connectivity index (χ0n) is 15.7. The molecule has 144 valence electrons. The van der Waals surface area contributed by atoms with Gasteiger partial charge < -0.3 is 16.4 Å². The van der Waals surface area contributed by atoms with Crippen LogP contribution in [0, 0.1) is 6.92 Å². The monoisotopic (exact) mass is 393 g/mol. The van der Waals surface area contributed by atoms with Gasteiger partial charge in [-0.2, -0.15) is 0 Å². The number of fused-ring (bicyclic) bond motifs is 2. The predicted octanol–water partition coefficient (Wildman–Crippen LogP) is 4.07. The van der Waals surface area contributed by atoms with E-state index in [1.54, 1.807) is 17.5 Å². The molecule has 4 N–H and O–H groups in total. The van der Waals surface area contributed by atoms with Crippen LogP contribution in [-0.2, 0) is 0 Å². The average Bonchev–Trinajstić information content (AvgIpc) is 3.29. The molecule has 3 heterocycles. The number of hydrogen-bond donors (Lipinski definition) is 3. The molecule has 1 aliphatic rings. The first kappa shape index (κ1) is 17.4. The van der Waals surface area contributed by atoms with Crippen molar-refractivity contribution in [1.29, 1.82) is 0 Å².